The van der Waals surface area contributed by atoms with Gasteiger partial charge in [0.1, 0.15) is 17.6 Å². The first-order valence-corrected chi connectivity index (χ1v) is 27.7. The molecule has 5 aromatic rings. The second kappa shape index (κ2) is 28.2. The van der Waals surface area contributed by atoms with Crippen LogP contribution in [0, 0.1) is 23.2 Å². The maximum absolute atomic E-state index is 14.9. The number of amides is 4. The molecule has 2 heterocycles. The summed E-state index contributed by atoms with van der Waals surface area (Å²) in [5, 5.41) is 23.2. The van der Waals surface area contributed by atoms with E-state index in [9.17, 15) is 24.0 Å². The fourth-order valence-electron chi connectivity index (χ4n) is 10.2. The van der Waals surface area contributed by atoms with Gasteiger partial charge in [0.05, 0.1) is 32.8 Å². The van der Waals surface area contributed by atoms with Crippen molar-refractivity contribution in [3.05, 3.63) is 120 Å². The van der Waals surface area contributed by atoms with Crippen molar-refractivity contribution in [3.8, 4) is 16.9 Å². The van der Waals surface area contributed by atoms with E-state index in [-0.39, 0.29) is 55.4 Å². The Kier molecular flexibility index (Phi) is 21.0. The van der Waals surface area contributed by atoms with Crippen LogP contribution in [0.4, 0.5) is 5.69 Å². The van der Waals surface area contributed by atoms with Gasteiger partial charge in [-0.15, -0.1) is 0 Å². The Balaban J connectivity index is 1.08. The number of nitrogens with zero attached hydrogens (tertiary/aromatic N) is 1. The second-order valence-corrected chi connectivity index (χ2v) is 21.4. The predicted molar refractivity (Wildman–Crippen MR) is 297 cm³/mol. The fraction of sp³-hybridized carbons (Fsp3) is 0.439. The van der Waals surface area contributed by atoms with Crippen LogP contribution >= 0.6 is 0 Å². The number of methoxy groups -OCH3 is 1. The van der Waals surface area contributed by atoms with Crippen LogP contribution in [0.25, 0.3) is 22.0 Å². The van der Waals surface area contributed by atoms with Crippen molar-refractivity contribution in [2.24, 2.45) is 29.2 Å². The summed E-state index contributed by atoms with van der Waals surface area (Å²) in [5.74, 6) is -2.54. The minimum atomic E-state index is -1.03. The first kappa shape index (κ1) is 55.9. The van der Waals surface area contributed by atoms with Gasteiger partial charge in [0.15, 0.2) is 5.96 Å². The molecule has 75 heavy (non-hydrogen) atoms. The van der Waals surface area contributed by atoms with Crippen molar-refractivity contribution in [2.45, 2.75) is 94.9 Å². The number of hydrogen-bond donors (Lipinski definition) is 9. The highest BCUT2D eigenvalue weighted by Gasteiger charge is 2.33. The van der Waals surface area contributed by atoms with E-state index in [0.29, 0.717) is 73.5 Å². The van der Waals surface area contributed by atoms with Crippen molar-refractivity contribution in [1.29, 1.82) is 5.41 Å². The number of nitrogens with two attached hydrogens (primary N) is 2. The molecule has 0 bridgehead atoms. The smallest absolute Gasteiger partial charge is 0.243 e. The Labute approximate surface area is 443 Å². The van der Waals surface area contributed by atoms with E-state index >= 15 is 0 Å². The number of carbonyl (C=O) groups excluding carboxylic acids is 5. The Morgan fingerprint density at radius 3 is 2.29 bits per heavy atom. The molecule has 17 nitrogen and oxygen atoms in total. The van der Waals surface area contributed by atoms with Crippen LogP contribution in [-0.4, -0.2) is 120 Å². The molecular formula is C57H76N10O7Si. The van der Waals surface area contributed by atoms with Crippen molar-refractivity contribution < 1.29 is 33.4 Å². The van der Waals surface area contributed by atoms with E-state index in [1.54, 1.807) is 7.11 Å². The number of nitrogens with one attached hydrogen (secondary N) is 7. The van der Waals surface area contributed by atoms with Gasteiger partial charge in [-0.2, -0.15) is 0 Å². The standard InChI is InChI=1S/C57H76N10O7Si/c1-73-46-22-23-49-47(33-46)43(34-62-49)31-42(19-24-51(68)41-10-7-11-44(58)32-41)53(70)66-56(75)48(30-37-13-17-40(18-14-37)39-8-3-2-4-9-39)54(71)65-50(12-5-6-25-61-57(59)60)55(72)63-35-52(69)64-45-20-15-38(16-21-45)36-67-26-28-74-29-27-67/h2-4,8-9,13-18,20-23,33-34,41-42,44,48,50,56,62H,5-7,10-12,19,24-32,35-36,58H2,1,75H3,(H,63,72)(H,64,69)(H,65,71)(H,66,70)(H4,59,60,61)/t41-,42-,44-,48-,50-,56?/m0/s1. The molecule has 0 radical (unpaired) electrons. The molecule has 1 saturated heterocycles. The maximum atomic E-state index is 14.9. The van der Waals surface area contributed by atoms with Crippen LogP contribution in [-0.2, 0) is 48.1 Å². The molecule has 1 aromatic heterocycles. The minimum absolute atomic E-state index is 0.00909. The predicted octanol–water partition coefficient (Wildman–Crippen LogP) is 4.26. The SMILES string of the molecule is COc1ccc2[nH]cc(C[C@H](CCC(=O)[C@H]3CCC[C@H](N)C3)C(=O)NC([SiH3])[C@@H](Cc3ccc(-c4ccccc4)cc3)C(=O)N[C@@H](CCCCNC(=N)N)C(=O)NCC(=O)Nc3ccc(CN4CCOCC4)cc3)c2c1. The summed E-state index contributed by atoms with van der Waals surface area (Å²) in [4.78, 5) is 76.3. The van der Waals surface area contributed by atoms with Gasteiger partial charge >= 0.3 is 0 Å². The summed E-state index contributed by atoms with van der Waals surface area (Å²) in [6.07, 6.45) is 7.56. The summed E-state index contributed by atoms with van der Waals surface area (Å²) in [7, 11) is 1.97. The molecule has 2 fully saturated rings. The molecule has 1 unspecified atom stereocenters. The number of aromatic nitrogens is 1. The largest absolute Gasteiger partial charge is 0.497 e. The third-order valence-electron chi connectivity index (χ3n) is 14.6. The third-order valence-corrected chi connectivity index (χ3v) is 15.7. The average Bonchev–Trinajstić information content (AvgIpc) is 3.82. The van der Waals surface area contributed by atoms with Crippen LogP contribution in [0.2, 0.25) is 0 Å². The summed E-state index contributed by atoms with van der Waals surface area (Å²) < 4.78 is 11.0. The molecule has 1 aliphatic carbocycles. The van der Waals surface area contributed by atoms with Crippen molar-refractivity contribution in [1.82, 2.24) is 31.2 Å². The van der Waals surface area contributed by atoms with Gasteiger partial charge < -0.3 is 52.5 Å². The van der Waals surface area contributed by atoms with Crippen molar-refractivity contribution in [2.75, 3.05) is 51.8 Å². The van der Waals surface area contributed by atoms with Gasteiger partial charge in [-0.1, -0.05) is 73.2 Å². The number of morpholine rings is 1. The summed E-state index contributed by atoms with van der Waals surface area (Å²) in [6, 6.07) is 30.3. The van der Waals surface area contributed by atoms with E-state index in [2.05, 4.69) is 36.5 Å². The molecule has 0 spiro atoms. The zero-order valence-corrected chi connectivity index (χ0v) is 45.5. The monoisotopic (exact) mass is 1040 g/mol. The Bertz CT molecular complexity index is 2680. The quantitative estimate of drug-likeness (QED) is 0.0164. The van der Waals surface area contributed by atoms with Gasteiger partial charge in [0, 0.05) is 89.2 Å². The summed E-state index contributed by atoms with van der Waals surface area (Å²) in [6.45, 7) is 3.99. The van der Waals surface area contributed by atoms with Crippen LogP contribution in [0.5, 0.6) is 5.75 Å². The highest BCUT2D eigenvalue weighted by atomic mass is 28.1. The number of guanidine groups is 1. The van der Waals surface area contributed by atoms with Crippen molar-refractivity contribution in [3.63, 3.8) is 0 Å². The Hall–Kier alpha value is -6.86. The lowest BCUT2D eigenvalue weighted by molar-refractivity contribution is -0.132. The molecule has 6 atom stereocenters. The van der Waals surface area contributed by atoms with Crippen LogP contribution in [0.1, 0.15) is 74.5 Å². The lowest BCUT2D eigenvalue weighted by Gasteiger charge is -2.29. The Morgan fingerprint density at radius 1 is 0.840 bits per heavy atom. The number of unbranched alkanes of at least 4 members (excludes halogenated alkanes) is 1. The Morgan fingerprint density at radius 2 is 1.57 bits per heavy atom. The summed E-state index contributed by atoms with van der Waals surface area (Å²) >= 11 is 0. The highest BCUT2D eigenvalue weighted by Crippen LogP contribution is 2.30. The number of H-pyrrole nitrogens is 1. The van der Waals surface area contributed by atoms with Gasteiger partial charge in [-0.3, -0.25) is 34.3 Å². The number of benzene rings is 4. The lowest BCUT2D eigenvalue weighted by Crippen LogP contribution is -2.54. The average molecular weight is 1040 g/mol. The fourth-order valence-corrected chi connectivity index (χ4v) is 11.0. The molecule has 4 aromatic carbocycles. The number of aromatic amines is 1. The van der Waals surface area contributed by atoms with Crippen molar-refractivity contribution >= 4 is 62.2 Å². The van der Waals surface area contributed by atoms with Crippen LogP contribution in [0.3, 0.4) is 0 Å². The molecule has 7 rings (SSSR count). The van der Waals surface area contributed by atoms with Gasteiger partial charge in [0.25, 0.3) is 0 Å². The van der Waals surface area contributed by atoms with Gasteiger partial charge in [-0.05, 0) is 116 Å². The minimum Gasteiger partial charge on any atom is -0.497 e. The normalized spacial score (nSPS) is 17.5. The molecule has 4 amide bonds. The molecule has 11 N–H and O–H groups in total. The third kappa shape index (κ3) is 17.1. The first-order chi connectivity index (χ1) is 36.3. The van der Waals surface area contributed by atoms with E-state index in [1.807, 2.05) is 103 Å². The highest BCUT2D eigenvalue weighted by molar-refractivity contribution is 6.15. The van der Waals surface area contributed by atoms with E-state index in [4.69, 9.17) is 26.4 Å². The zero-order chi connectivity index (χ0) is 53.1. The van der Waals surface area contributed by atoms with E-state index in [1.165, 1.54) is 0 Å². The van der Waals surface area contributed by atoms with Gasteiger partial charge in [0.2, 0.25) is 23.6 Å². The van der Waals surface area contributed by atoms with Gasteiger partial charge in [-0.25, -0.2) is 0 Å². The number of ketones is 1. The molecule has 400 valence electrons. The van der Waals surface area contributed by atoms with Crippen LogP contribution < -0.4 is 42.8 Å². The number of carbonyl (C=O) groups is 5. The topological polar surface area (TPSA) is 259 Å². The number of anilines is 1. The number of Topliss-reactive ketones (excluding diaryl/α,β-unsaturated/α-hetero) is 1. The summed E-state index contributed by atoms with van der Waals surface area (Å²) in [5.41, 5.74) is 17.6. The lowest BCUT2D eigenvalue weighted by atomic mass is 9.81. The number of ether oxygens (including phenoxy) is 2. The molecular weight excluding hydrogens is 965 g/mol. The van der Waals surface area contributed by atoms with E-state index in [0.717, 1.165) is 77.6 Å². The maximum Gasteiger partial charge on any atom is 0.243 e. The zero-order valence-electron chi connectivity index (χ0n) is 43.5. The van der Waals surface area contributed by atoms with Crippen LogP contribution in [0.15, 0.2) is 103 Å². The molecule has 18 heteroatoms. The first-order valence-electron chi connectivity index (χ1n) is 26.5. The number of fused-ring (bicyclic) bond motifs is 1. The molecule has 2 aliphatic rings. The molecule has 1 aliphatic heterocycles. The number of hydrogen-bond acceptors (Lipinski definition) is 10. The number of rotatable bonds is 26. The molecule has 1 saturated carbocycles. The second-order valence-electron chi connectivity index (χ2n) is 20.2. The van der Waals surface area contributed by atoms with E-state index < -0.39 is 41.3 Å².